The third kappa shape index (κ3) is 3.00. The number of halogens is 1. The van der Waals surface area contributed by atoms with E-state index in [1.165, 1.54) is 6.92 Å². The van der Waals surface area contributed by atoms with Crippen LogP contribution in [0.15, 0.2) is 22.7 Å². The topological polar surface area (TPSA) is 46.5 Å². The van der Waals surface area contributed by atoms with Crippen LogP contribution in [0.25, 0.3) is 0 Å². The van der Waals surface area contributed by atoms with Crippen molar-refractivity contribution in [2.45, 2.75) is 13.0 Å². The van der Waals surface area contributed by atoms with E-state index < -0.39 is 12.1 Å². The van der Waals surface area contributed by atoms with E-state index in [-0.39, 0.29) is 0 Å². The monoisotopic (exact) mass is 268 g/mol. The second-order valence-corrected chi connectivity index (χ2v) is 3.80. The van der Waals surface area contributed by atoms with Crippen LogP contribution >= 0.6 is 15.9 Å². The van der Waals surface area contributed by atoms with Crippen molar-refractivity contribution >= 4 is 21.9 Å². The summed E-state index contributed by atoms with van der Waals surface area (Å²) < 4.78 is 6.01. The first-order valence-corrected chi connectivity index (χ1v) is 4.99. The Kier molecular flexibility index (Phi) is 3.75. The SMILES string of the molecule is C#Cc1cc(Br)ccc1O[C@@H](C)C(=O)O. The van der Waals surface area contributed by atoms with Gasteiger partial charge >= 0.3 is 5.97 Å². The molecule has 3 nitrogen and oxygen atoms in total. The van der Waals surface area contributed by atoms with E-state index in [1.807, 2.05) is 0 Å². The molecule has 1 aromatic rings. The van der Waals surface area contributed by atoms with Gasteiger partial charge in [0, 0.05) is 4.47 Å². The zero-order chi connectivity index (χ0) is 11.4. The van der Waals surface area contributed by atoms with Crippen molar-refractivity contribution in [3.8, 4) is 18.1 Å². The van der Waals surface area contributed by atoms with Crippen LogP contribution in [0, 0.1) is 12.3 Å². The summed E-state index contributed by atoms with van der Waals surface area (Å²) in [4.78, 5) is 10.6. The number of hydrogen-bond acceptors (Lipinski definition) is 2. The molecule has 0 amide bonds. The van der Waals surface area contributed by atoms with Crippen LogP contribution in [0.5, 0.6) is 5.75 Å². The van der Waals surface area contributed by atoms with Gasteiger partial charge in [0.05, 0.1) is 5.56 Å². The van der Waals surface area contributed by atoms with Gasteiger partial charge in [-0.1, -0.05) is 21.9 Å². The summed E-state index contributed by atoms with van der Waals surface area (Å²) in [5, 5.41) is 8.68. The van der Waals surface area contributed by atoms with Crippen LogP contribution in [0.2, 0.25) is 0 Å². The quantitative estimate of drug-likeness (QED) is 0.856. The Morgan fingerprint density at radius 2 is 2.33 bits per heavy atom. The number of rotatable bonds is 3. The lowest BCUT2D eigenvalue weighted by Gasteiger charge is -2.11. The molecule has 78 valence electrons. The second kappa shape index (κ2) is 4.85. The largest absolute Gasteiger partial charge is 0.479 e. The van der Waals surface area contributed by atoms with E-state index in [4.69, 9.17) is 16.3 Å². The van der Waals surface area contributed by atoms with Gasteiger partial charge < -0.3 is 9.84 Å². The van der Waals surface area contributed by atoms with Gasteiger partial charge in [-0.15, -0.1) is 6.42 Å². The average Bonchev–Trinajstić information content (AvgIpc) is 2.20. The first-order chi connectivity index (χ1) is 7.04. The van der Waals surface area contributed by atoms with Crippen molar-refractivity contribution < 1.29 is 14.6 Å². The highest BCUT2D eigenvalue weighted by atomic mass is 79.9. The molecule has 0 spiro atoms. The molecule has 1 rings (SSSR count). The highest BCUT2D eigenvalue weighted by Crippen LogP contribution is 2.23. The Bertz CT molecular complexity index is 420. The van der Waals surface area contributed by atoms with Crippen molar-refractivity contribution in [1.29, 1.82) is 0 Å². The van der Waals surface area contributed by atoms with Gasteiger partial charge in [-0.2, -0.15) is 0 Å². The molecule has 0 radical (unpaired) electrons. The van der Waals surface area contributed by atoms with Gasteiger partial charge in [0.2, 0.25) is 0 Å². The summed E-state index contributed by atoms with van der Waals surface area (Å²) in [5.41, 5.74) is 0.525. The first kappa shape index (κ1) is 11.6. The molecule has 0 aliphatic carbocycles. The smallest absolute Gasteiger partial charge is 0.344 e. The summed E-state index contributed by atoms with van der Waals surface area (Å²) in [6.07, 6.45) is 4.35. The second-order valence-electron chi connectivity index (χ2n) is 2.88. The van der Waals surface area contributed by atoms with E-state index >= 15 is 0 Å². The van der Waals surface area contributed by atoms with E-state index in [9.17, 15) is 4.79 Å². The number of terminal acetylenes is 1. The van der Waals surface area contributed by atoms with Crippen LogP contribution in [0.4, 0.5) is 0 Å². The molecule has 0 aliphatic rings. The highest BCUT2D eigenvalue weighted by Gasteiger charge is 2.14. The highest BCUT2D eigenvalue weighted by molar-refractivity contribution is 9.10. The Balaban J connectivity index is 2.96. The average molecular weight is 269 g/mol. The minimum absolute atomic E-state index is 0.399. The third-order valence-electron chi connectivity index (χ3n) is 1.75. The zero-order valence-electron chi connectivity index (χ0n) is 8.03. The number of benzene rings is 1. The Labute approximate surface area is 96.2 Å². The number of carbonyl (C=O) groups is 1. The Morgan fingerprint density at radius 1 is 1.67 bits per heavy atom. The van der Waals surface area contributed by atoms with Gasteiger partial charge in [0.15, 0.2) is 6.10 Å². The molecule has 1 atom stereocenters. The van der Waals surface area contributed by atoms with Gasteiger partial charge in [-0.3, -0.25) is 0 Å². The fourth-order valence-corrected chi connectivity index (χ4v) is 1.32. The fourth-order valence-electron chi connectivity index (χ4n) is 0.959. The van der Waals surface area contributed by atoms with Crippen LogP contribution in [0.1, 0.15) is 12.5 Å². The van der Waals surface area contributed by atoms with Gasteiger partial charge in [-0.25, -0.2) is 4.79 Å². The molecule has 1 aromatic carbocycles. The van der Waals surface area contributed by atoms with E-state index in [0.29, 0.717) is 11.3 Å². The molecule has 0 heterocycles. The molecule has 4 heteroatoms. The molecule has 0 saturated carbocycles. The van der Waals surface area contributed by atoms with Crippen molar-refractivity contribution in [2.24, 2.45) is 0 Å². The molecule has 0 saturated heterocycles. The molecule has 1 N–H and O–H groups in total. The predicted molar refractivity (Wildman–Crippen MR) is 59.8 cm³/mol. The predicted octanol–water partition coefficient (Wildman–Crippen LogP) is 2.28. The van der Waals surface area contributed by atoms with Crippen LogP contribution < -0.4 is 4.74 Å². The normalized spacial score (nSPS) is 11.5. The van der Waals surface area contributed by atoms with Crippen LogP contribution in [-0.2, 0) is 4.79 Å². The minimum Gasteiger partial charge on any atom is -0.479 e. The maximum absolute atomic E-state index is 10.6. The Morgan fingerprint density at radius 3 is 2.87 bits per heavy atom. The number of carboxylic acids is 1. The number of hydrogen-bond donors (Lipinski definition) is 1. The molecule has 0 fully saturated rings. The van der Waals surface area contributed by atoms with Crippen molar-refractivity contribution in [2.75, 3.05) is 0 Å². The first-order valence-electron chi connectivity index (χ1n) is 4.20. The fraction of sp³-hybridized carbons (Fsp3) is 0.182. The summed E-state index contributed by atoms with van der Waals surface area (Å²) in [6, 6.07) is 5.08. The van der Waals surface area contributed by atoms with E-state index in [0.717, 1.165) is 4.47 Å². The molecule has 0 aliphatic heterocycles. The maximum Gasteiger partial charge on any atom is 0.344 e. The summed E-state index contributed by atoms with van der Waals surface area (Å²) in [7, 11) is 0. The van der Waals surface area contributed by atoms with Crippen LogP contribution in [0.3, 0.4) is 0 Å². The van der Waals surface area contributed by atoms with E-state index in [2.05, 4.69) is 21.9 Å². The molecule has 0 aromatic heterocycles. The molecule has 0 bridgehead atoms. The summed E-state index contributed by atoms with van der Waals surface area (Å²) in [6.45, 7) is 1.45. The standard InChI is InChI=1S/C11H9BrO3/c1-3-8-6-9(12)4-5-10(8)15-7(2)11(13)14/h1,4-7H,2H3,(H,13,14)/t7-/m0/s1. The molecule has 0 unspecified atom stereocenters. The van der Waals surface area contributed by atoms with Crippen molar-refractivity contribution in [3.05, 3.63) is 28.2 Å². The van der Waals surface area contributed by atoms with Crippen molar-refractivity contribution in [1.82, 2.24) is 0 Å². The van der Waals surface area contributed by atoms with E-state index in [1.54, 1.807) is 18.2 Å². The van der Waals surface area contributed by atoms with Gasteiger partial charge in [0.1, 0.15) is 5.75 Å². The lowest BCUT2D eigenvalue weighted by atomic mass is 10.2. The van der Waals surface area contributed by atoms with Gasteiger partial charge in [0.25, 0.3) is 0 Å². The van der Waals surface area contributed by atoms with Gasteiger partial charge in [-0.05, 0) is 25.1 Å². The minimum atomic E-state index is -1.03. The zero-order valence-corrected chi connectivity index (χ0v) is 9.61. The molecule has 15 heavy (non-hydrogen) atoms. The lowest BCUT2D eigenvalue weighted by molar-refractivity contribution is -0.144. The number of carboxylic acid groups (broad SMARTS) is 1. The Hall–Kier alpha value is -1.47. The van der Waals surface area contributed by atoms with Crippen LogP contribution in [-0.4, -0.2) is 17.2 Å². The summed E-state index contributed by atoms with van der Waals surface area (Å²) >= 11 is 3.26. The lowest BCUT2D eigenvalue weighted by Crippen LogP contribution is -2.23. The summed E-state index contributed by atoms with van der Waals surface area (Å²) in [5.74, 6) is 1.80. The molecular weight excluding hydrogens is 260 g/mol. The number of ether oxygens (including phenoxy) is 1. The molecular formula is C11H9BrO3. The van der Waals surface area contributed by atoms with Crippen molar-refractivity contribution in [3.63, 3.8) is 0 Å². The third-order valence-corrected chi connectivity index (χ3v) is 2.24. The number of aliphatic carboxylic acids is 1. The maximum atomic E-state index is 10.6.